The first-order valence-electron chi connectivity index (χ1n) is 3.79. The predicted octanol–water partition coefficient (Wildman–Crippen LogP) is 3.47. The van der Waals surface area contributed by atoms with Gasteiger partial charge in [0.25, 0.3) is 0 Å². The summed E-state index contributed by atoms with van der Waals surface area (Å²) >= 11 is 13.0. The molecule has 0 amide bonds. The highest BCUT2D eigenvalue weighted by Gasteiger charge is 2.12. The van der Waals surface area contributed by atoms with Gasteiger partial charge in [-0.05, 0) is 18.1 Å². The maximum atomic E-state index is 5.92. The summed E-state index contributed by atoms with van der Waals surface area (Å²) in [5, 5.41) is 0. The minimum atomic E-state index is -0.104. The van der Waals surface area contributed by atoms with Gasteiger partial charge in [0.15, 0.2) is 0 Å². The first-order valence-corrected chi connectivity index (χ1v) is 5.36. The molecule has 0 aliphatic heterocycles. The third-order valence-corrected chi connectivity index (χ3v) is 3.20. The Labute approximate surface area is 91.8 Å². The van der Waals surface area contributed by atoms with E-state index in [9.17, 15) is 0 Å². The molecular weight excluding hydrogens is 225 g/mol. The maximum Gasteiger partial charge on any atom is 0.0991 e. The van der Waals surface area contributed by atoms with Crippen molar-refractivity contribution >= 4 is 34.5 Å². The Morgan fingerprint density at radius 2 is 2.31 bits per heavy atom. The fraction of sp³-hybridized carbons (Fsp3) is 0.333. The van der Waals surface area contributed by atoms with Crippen LogP contribution in [0.4, 0.5) is 0 Å². The summed E-state index contributed by atoms with van der Waals surface area (Å²) in [6, 6.07) is 1.70. The van der Waals surface area contributed by atoms with E-state index < -0.39 is 0 Å². The molecule has 70 valence electrons. The predicted molar refractivity (Wildman–Crippen MR) is 59.3 cm³/mol. The van der Waals surface area contributed by atoms with Crippen molar-refractivity contribution < 1.29 is 0 Å². The zero-order valence-corrected chi connectivity index (χ0v) is 9.22. The Morgan fingerprint density at radius 1 is 1.62 bits per heavy atom. The number of thiophene rings is 1. The molecule has 1 aromatic heterocycles. The van der Waals surface area contributed by atoms with Crippen LogP contribution >= 0.6 is 34.5 Å². The highest BCUT2D eigenvalue weighted by atomic mass is 35.5. The molecule has 0 bridgehead atoms. The van der Waals surface area contributed by atoms with Gasteiger partial charge in [0, 0.05) is 12.5 Å². The normalized spacial score (nSPS) is 12.5. The zero-order valence-electron chi connectivity index (χ0n) is 6.89. The summed E-state index contributed by atoms with van der Waals surface area (Å²) in [6.45, 7) is 0. The van der Waals surface area contributed by atoms with Crippen molar-refractivity contribution in [2.45, 2.75) is 18.9 Å². The first-order chi connectivity index (χ1) is 6.15. The molecule has 2 N–H and O–H groups in total. The molecule has 1 aromatic rings. The standard InChI is InChI=1S/C9H9Cl2NS/c1-2-3-4-7(12)6-5-8(10)13-9(6)11/h1,5,7H,3-4,12H2. The van der Waals surface area contributed by atoms with E-state index in [2.05, 4.69) is 5.92 Å². The van der Waals surface area contributed by atoms with Gasteiger partial charge >= 0.3 is 0 Å². The molecule has 0 aliphatic rings. The van der Waals surface area contributed by atoms with Crippen molar-refractivity contribution in [1.82, 2.24) is 0 Å². The fourth-order valence-corrected chi connectivity index (χ4v) is 2.60. The van der Waals surface area contributed by atoms with Crippen molar-refractivity contribution in [2.24, 2.45) is 5.73 Å². The van der Waals surface area contributed by atoms with Crippen LogP contribution in [0.5, 0.6) is 0 Å². The molecule has 0 aliphatic carbocycles. The summed E-state index contributed by atoms with van der Waals surface area (Å²) in [5.41, 5.74) is 6.76. The molecule has 0 saturated carbocycles. The molecule has 4 heteroatoms. The molecule has 0 saturated heterocycles. The summed E-state index contributed by atoms with van der Waals surface area (Å²) < 4.78 is 1.32. The van der Waals surface area contributed by atoms with Crippen molar-refractivity contribution in [3.63, 3.8) is 0 Å². The van der Waals surface area contributed by atoms with Crippen LogP contribution in [0.25, 0.3) is 0 Å². The molecule has 1 atom stereocenters. The Kier molecular flexibility index (Phi) is 4.08. The van der Waals surface area contributed by atoms with E-state index in [1.165, 1.54) is 11.3 Å². The van der Waals surface area contributed by atoms with E-state index in [0.717, 1.165) is 12.0 Å². The molecule has 1 rings (SSSR count). The molecule has 13 heavy (non-hydrogen) atoms. The van der Waals surface area contributed by atoms with Crippen LogP contribution in [0.2, 0.25) is 8.67 Å². The Bertz CT molecular complexity index is 327. The van der Waals surface area contributed by atoms with Crippen LogP contribution in [0.1, 0.15) is 24.4 Å². The van der Waals surface area contributed by atoms with Crippen molar-refractivity contribution in [1.29, 1.82) is 0 Å². The van der Waals surface area contributed by atoms with Crippen molar-refractivity contribution in [3.8, 4) is 12.3 Å². The Morgan fingerprint density at radius 3 is 2.77 bits per heavy atom. The van der Waals surface area contributed by atoms with Gasteiger partial charge < -0.3 is 5.73 Å². The second-order valence-electron chi connectivity index (χ2n) is 2.63. The quantitative estimate of drug-likeness (QED) is 0.796. The van der Waals surface area contributed by atoms with Gasteiger partial charge in [-0.1, -0.05) is 23.2 Å². The second kappa shape index (κ2) is 4.88. The van der Waals surface area contributed by atoms with E-state index in [-0.39, 0.29) is 6.04 Å². The summed E-state index contributed by atoms with van der Waals surface area (Å²) in [5.74, 6) is 2.54. The van der Waals surface area contributed by atoms with E-state index in [1.54, 1.807) is 6.07 Å². The number of hydrogen-bond donors (Lipinski definition) is 1. The van der Waals surface area contributed by atoms with E-state index in [0.29, 0.717) is 15.1 Å². The highest BCUT2D eigenvalue weighted by molar-refractivity contribution is 7.20. The largest absolute Gasteiger partial charge is 0.324 e. The van der Waals surface area contributed by atoms with E-state index in [4.69, 9.17) is 35.4 Å². The molecule has 1 nitrogen and oxygen atoms in total. The van der Waals surface area contributed by atoms with Crippen LogP contribution in [-0.2, 0) is 0 Å². The van der Waals surface area contributed by atoms with Gasteiger partial charge in [-0.15, -0.1) is 23.7 Å². The lowest BCUT2D eigenvalue weighted by Gasteiger charge is -2.07. The average molecular weight is 234 g/mol. The molecular formula is C9H9Cl2NS. The van der Waals surface area contributed by atoms with Gasteiger partial charge in [0.1, 0.15) is 0 Å². The third kappa shape index (κ3) is 2.89. The van der Waals surface area contributed by atoms with Crippen LogP contribution < -0.4 is 5.73 Å². The maximum absolute atomic E-state index is 5.92. The fourth-order valence-electron chi connectivity index (χ4n) is 1.00. The molecule has 1 heterocycles. The summed E-state index contributed by atoms with van der Waals surface area (Å²) in [4.78, 5) is 0. The topological polar surface area (TPSA) is 26.0 Å². The zero-order chi connectivity index (χ0) is 9.84. The minimum absolute atomic E-state index is 0.104. The lowest BCUT2D eigenvalue weighted by molar-refractivity contribution is 0.670. The Balaban J connectivity index is 2.71. The highest BCUT2D eigenvalue weighted by Crippen LogP contribution is 2.35. The first kappa shape index (κ1) is 10.9. The monoisotopic (exact) mass is 233 g/mol. The van der Waals surface area contributed by atoms with E-state index >= 15 is 0 Å². The lowest BCUT2D eigenvalue weighted by atomic mass is 10.1. The number of rotatable bonds is 3. The molecule has 0 radical (unpaired) electrons. The number of hydrogen-bond acceptors (Lipinski definition) is 2. The summed E-state index contributed by atoms with van der Waals surface area (Å²) in [6.07, 6.45) is 6.53. The van der Waals surface area contributed by atoms with Crippen molar-refractivity contribution in [2.75, 3.05) is 0 Å². The SMILES string of the molecule is C#CCCC(N)c1cc(Cl)sc1Cl. The van der Waals surface area contributed by atoms with Crippen LogP contribution in [-0.4, -0.2) is 0 Å². The molecule has 0 aromatic carbocycles. The number of halogens is 2. The molecule has 0 spiro atoms. The van der Waals surface area contributed by atoms with Gasteiger partial charge in [-0.2, -0.15) is 0 Å². The molecule has 0 fully saturated rings. The smallest absolute Gasteiger partial charge is 0.0991 e. The van der Waals surface area contributed by atoms with Gasteiger partial charge in [-0.3, -0.25) is 0 Å². The second-order valence-corrected chi connectivity index (χ2v) is 4.91. The number of nitrogens with two attached hydrogens (primary N) is 1. The third-order valence-electron chi connectivity index (χ3n) is 1.68. The van der Waals surface area contributed by atoms with Crippen molar-refractivity contribution in [3.05, 3.63) is 20.3 Å². The molecule has 1 unspecified atom stereocenters. The lowest BCUT2D eigenvalue weighted by Crippen LogP contribution is -2.08. The van der Waals surface area contributed by atoms with Crippen LogP contribution in [0, 0.1) is 12.3 Å². The van der Waals surface area contributed by atoms with Crippen LogP contribution in [0.3, 0.4) is 0 Å². The summed E-state index contributed by atoms with van der Waals surface area (Å²) in [7, 11) is 0. The van der Waals surface area contributed by atoms with Gasteiger partial charge in [0.05, 0.1) is 8.67 Å². The average Bonchev–Trinajstić information content (AvgIpc) is 2.41. The van der Waals surface area contributed by atoms with Gasteiger partial charge in [0.2, 0.25) is 0 Å². The number of terminal acetylenes is 1. The Hall–Kier alpha value is -0.200. The van der Waals surface area contributed by atoms with Crippen LogP contribution in [0.15, 0.2) is 6.07 Å². The van der Waals surface area contributed by atoms with E-state index in [1.807, 2.05) is 0 Å². The van der Waals surface area contributed by atoms with Gasteiger partial charge in [-0.25, -0.2) is 0 Å². The minimum Gasteiger partial charge on any atom is -0.324 e.